The van der Waals surface area contributed by atoms with Gasteiger partial charge in [-0.05, 0) is 11.6 Å². The monoisotopic (exact) mass is 370 g/mol. The molecule has 0 aliphatic rings. The van der Waals surface area contributed by atoms with Crippen LogP contribution in [-0.2, 0) is 6.54 Å². The molecule has 0 aliphatic heterocycles. The van der Waals surface area contributed by atoms with Crippen molar-refractivity contribution >= 4 is 24.1 Å². The zero-order valence-corrected chi connectivity index (χ0v) is 15.7. The van der Waals surface area contributed by atoms with Gasteiger partial charge in [-0.3, -0.25) is 19.5 Å². The molecule has 0 radical (unpaired) electrons. The summed E-state index contributed by atoms with van der Waals surface area (Å²) < 4.78 is 1.21. The maximum Gasteiger partial charge on any atom is 0.359 e. The fourth-order valence-electron chi connectivity index (χ4n) is 2.23. The second kappa shape index (κ2) is 8.75. The van der Waals surface area contributed by atoms with E-state index in [1.54, 1.807) is 44.2 Å². The minimum atomic E-state index is -0.747. The van der Waals surface area contributed by atoms with E-state index in [0.29, 0.717) is 0 Å². The van der Waals surface area contributed by atoms with Crippen LogP contribution in [0.1, 0.15) is 11.3 Å². The molecule has 142 valence electrons. The first-order valence-corrected chi connectivity index (χ1v) is 8.18. The third kappa shape index (κ3) is 5.24. The number of aliphatic imine (C=N–C) groups is 1. The van der Waals surface area contributed by atoms with Gasteiger partial charge in [0.25, 0.3) is 0 Å². The van der Waals surface area contributed by atoms with Gasteiger partial charge in [0.2, 0.25) is 5.95 Å². The second-order valence-electron chi connectivity index (χ2n) is 6.27. The van der Waals surface area contributed by atoms with Crippen LogP contribution in [0, 0.1) is 10.1 Å². The minimum absolute atomic E-state index is 0.0334. The highest BCUT2D eigenvalue weighted by molar-refractivity contribution is 5.61. The van der Waals surface area contributed by atoms with Gasteiger partial charge in [-0.25, -0.2) is 9.98 Å². The SMILES string of the molecule is CN(C)/C=C/c1nc(/N=C/N(C)C)n(Cc2ccccc2)c(=O)c1[N+](=O)[O-]. The predicted molar refractivity (Wildman–Crippen MR) is 105 cm³/mol. The average Bonchev–Trinajstić information content (AvgIpc) is 2.60. The second-order valence-corrected chi connectivity index (χ2v) is 6.27. The predicted octanol–water partition coefficient (Wildman–Crippen LogP) is 1.95. The van der Waals surface area contributed by atoms with Gasteiger partial charge in [-0.15, -0.1) is 0 Å². The molecule has 2 aromatic rings. The first-order chi connectivity index (χ1) is 12.8. The largest absolute Gasteiger partial charge is 0.383 e. The van der Waals surface area contributed by atoms with Crippen LogP contribution in [-0.4, -0.2) is 58.8 Å². The van der Waals surface area contributed by atoms with Gasteiger partial charge in [0.15, 0.2) is 5.69 Å². The number of benzene rings is 1. The van der Waals surface area contributed by atoms with Crippen molar-refractivity contribution in [3.05, 3.63) is 68.3 Å². The normalized spacial score (nSPS) is 11.3. The van der Waals surface area contributed by atoms with E-state index >= 15 is 0 Å². The van der Waals surface area contributed by atoms with E-state index in [2.05, 4.69) is 9.98 Å². The molecule has 0 bridgehead atoms. The molecule has 0 aliphatic carbocycles. The van der Waals surface area contributed by atoms with E-state index in [9.17, 15) is 14.9 Å². The summed E-state index contributed by atoms with van der Waals surface area (Å²) in [4.78, 5) is 35.6. The van der Waals surface area contributed by atoms with Crippen LogP contribution in [0.5, 0.6) is 0 Å². The lowest BCUT2D eigenvalue weighted by molar-refractivity contribution is -0.387. The van der Waals surface area contributed by atoms with Gasteiger partial charge in [0.1, 0.15) is 0 Å². The fourth-order valence-corrected chi connectivity index (χ4v) is 2.23. The summed E-state index contributed by atoms with van der Waals surface area (Å²) in [6.45, 7) is 0.130. The van der Waals surface area contributed by atoms with Gasteiger partial charge in [0, 0.05) is 34.4 Å². The maximum atomic E-state index is 12.9. The van der Waals surface area contributed by atoms with Crippen LogP contribution in [0.3, 0.4) is 0 Å². The minimum Gasteiger partial charge on any atom is -0.383 e. The summed E-state index contributed by atoms with van der Waals surface area (Å²) in [5.41, 5.74) is -0.543. The number of nitrogens with zero attached hydrogens (tertiary/aromatic N) is 6. The van der Waals surface area contributed by atoms with E-state index in [4.69, 9.17) is 0 Å². The Morgan fingerprint density at radius 3 is 2.41 bits per heavy atom. The Morgan fingerprint density at radius 1 is 1.19 bits per heavy atom. The highest BCUT2D eigenvalue weighted by Gasteiger charge is 2.24. The third-order valence-corrected chi connectivity index (χ3v) is 3.45. The standard InChI is InChI=1S/C18H22N6O3/c1-21(2)11-10-15-16(24(26)27)17(25)23(12-14-8-6-5-7-9-14)18(20-15)19-13-22(3)4/h5-11,13H,12H2,1-4H3/b11-10+,19-13+. The number of hydrogen-bond acceptors (Lipinski definition) is 6. The number of rotatable bonds is 7. The van der Waals surface area contributed by atoms with E-state index in [-0.39, 0.29) is 18.2 Å². The van der Waals surface area contributed by atoms with Crippen molar-refractivity contribution in [3.63, 3.8) is 0 Å². The van der Waals surface area contributed by atoms with Crippen molar-refractivity contribution in [1.29, 1.82) is 0 Å². The Labute approximate surface area is 157 Å². The van der Waals surface area contributed by atoms with Crippen molar-refractivity contribution in [2.45, 2.75) is 6.54 Å². The third-order valence-electron chi connectivity index (χ3n) is 3.45. The molecule has 9 nitrogen and oxygen atoms in total. The van der Waals surface area contributed by atoms with Crippen LogP contribution < -0.4 is 5.56 Å². The van der Waals surface area contributed by atoms with Crippen molar-refractivity contribution in [2.75, 3.05) is 28.2 Å². The zero-order chi connectivity index (χ0) is 20.0. The molecular weight excluding hydrogens is 348 g/mol. The molecule has 0 spiro atoms. The molecule has 1 heterocycles. The van der Waals surface area contributed by atoms with Crippen molar-refractivity contribution in [3.8, 4) is 0 Å². The summed E-state index contributed by atoms with van der Waals surface area (Å²) in [6.07, 6.45) is 4.52. The van der Waals surface area contributed by atoms with Crippen molar-refractivity contribution < 1.29 is 4.92 Å². The fraction of sp³-hybridized carbons (Fsp3) is 0.278. The van der Waals surface area contributed by atoms with E-state index < -0.39 is 16.2 Å². The number of nitro groups is 1. The van der Waals surface area contributed by atoms with Crippen LogP contribution in [0.15, 0.2) is 46.3 Å². The number of aromatic nitrogens is 2. The highest BCUT2D eigenvalue weighted by Crippen LogP contribution is 2.19. The van der Waals surface area contributed by atoms with E-state index in [1.165, 1.54) is 17.0 Å². The summed E-state index contributed by atoms with van der Waals surface area (Å²) in [6, 6.07) is 9.18. The molecule has 0 saturated heterocycles. The molecule has 2 rings (SSSR count). The summed E-state index contributed by atoms with van der Waals surface area (Å²) in [5, 5.41) is 11.5. The van der Waals surface area contributed by atoms with Crippen LogP contribution in [0.2, 0.25) is 0 Å². The first-order valence-electron chi connectivity index (χ1n) is 8.18. The lowest BCUT2D eigenvalue weighted by Gasteiger charge is -2.11. The Kier molecular flexibility index (Phi) is 6.42. The topological polar surface area (TPSA) is 96.9 Å². The first kappa shape index (κ1) is 19.8. The molecule has 1 aromatic heterocycles. The Hall–Kier alpha value is -3.49. The van der Waals surface area contributed by atoms with Crippen molar-refractivity contribution in [1.82, 2.24) is 19.4 Å². The molecule has 0 atom stereocenters. The van der Waals surface area contributed by atoms with E-state index in [1.807, 2.05) is 30.3 Å². The van der Waals surface area contributed by atoms with E-state index in [0.717, 1.165) is 5.56 Å². The molecule has 0 N–H and O–H groups in total. The maximum absolute atomic E-state index is 12.9. The Bertz CT molecular complexity index is 917. The molecule has 27 heavy (non-hydrogen) atoms. The smallest absolute Gasteiger partial charge is 0.359 e. The Morgan fingerprint density at radius 2 is 1.85 bits per heavy atom. The van der Waals surface area contributed by atoms with Crippen LogP contribution in [0.4, 0.5) is 11.6 Å². The Balaban J connectivity index is 2.69. The van der Waals surface area contributed by atoms with Crippen LogP contribution in [0.25, 0.3) is 6.08 Å². The van der Waals surface area contributed by atoms with Gasteiger partial charge in [0.05, 0.1) is 17.8 Å². The van der Waals surface area contributed by atoms with Gasteiger partial charge in [-0.2, -0.15) is 0 Å². The van der Waals surface area contributed by atoms with Gasteiger partial charge in [-0.1, -0.05) is 30.3 Å². The van der Waals surface area contributed by atoms with Crippen molar-refractivity contribution in [2.24, 2.45) is 4.99 Å². The van der Waals surface area contributed by atoms with Crippen LogP contribution >= 0.6 is 0 Å². The molecule has 0 amide bonds. The molecule has 1 aromatic carbocycles. The zero-order valence-electron chi connectivity index (χ0n) is 15.7. The number of hydrogen-bond donors (Lipinski definition) is 0. The lowest BCUT2D eigenvalue weighted by Crippen LogP contribution is -2.26. The summed E-state index contributed by atoms with van der Waals surface area (Å²) in [5.74, 6) is 0.0987. The summed E-state index contributed by atoms with van der Waals surface area (Å²) >= 11 is 0. The lowest BCUT2D eigenvalue weighted by atomic mass is 10.2. The average molecular weight is 370 g/mol. The molecular formula is C18H22N6O3. The molecule has 0 fully saturated rings. The molecule has 0 saturated carbocycles. The highest BCUT2D eigenvalue weighted by atomic mass is 16.6. The summed E-state index contributed by atoms with van der Waals surface area (Å²) in [7, 11) is 7.09. The molecule has 0 unspecified atom stereocenters. The quantitative estimate of drug-likeness (QED) is 0.320. The molecule has 9 heteroatoms. The van der Waals surface area contributed by atoms with Gasteiger partial charge < -0.3 is 9.80 Å². The van der Waals surface area contributed by atoms with Gasteiger partial charge >= 0.3 is 11.2 Å².